The second kappa shape index (κ2) is 2.92. The molecule has 2 unspecified atom stereocenters. The van der Waals surface area contributed by atoms with Gasteiger partial charge in [0.25, 0.3) is 0 Å². The lowest BCUT2D eigenvalue weighted by molar-refractivity contribution is 0.518. The van der Waals surface area contributed by atoms with Crippen LogP contribution in [-0.4, -0.2) is 0 Å². The quantitative estimate of drug-likeness (QED) is 0.469. The summed E-state index contributed by atoms with van der Waals surface area (Å²) in [5, 5.41) is 0. The Hall–Kier alpha value is -0.440. The van der Waals surface area contributed by atoms with E-state index in [-0.39, 0.29) is 0 Å². The Morgan fingerprint density at radius 2 is 2.33 bits per heavy atom. The third kappa shape index (κ3) is 1.48. The van der Waals surface area contributed by atoms with E-state index in [1.54, 1.807) is 0 Å². The molecule has 0 nitrogen and oxygen atoms in total. The van der Waals surface area contributed by atoms with Crippen molar-refractivity contribution in [2.45, 2.75) is 32.6 Å². The van der Waals surface area contributed by atoms with Crippen LogP contribution >= 0.6 is 0 Å². The van der Waals surface area contributed by atoms with Gasteiger partial charge in [-0.2, -0.15) is 0 Å². The molecule has 9 heavy (non-hydrogen) atoms. The van der Waals surface area contributed by atoms with E-state index < -0.39 is 0 Å². The average Bonchev–Trinajstić information content (AvgIpc) is 2.34. The Bertz CT molecular complexity index is 118. The zero-order chi connectivity index (χ0) is 6.69. The van der Waals surface area contributed by atoms with E-state index in [4.69, 9.17) is 6.42 Å². The highest BCUT2D eigenvalue weighted by Gasteiger charge is 2.20. The zero-order valence-corrected chi connectivity index (χ0v) is 6.06. The highest BCUT2D eigenvalue weighted by atomic mass is 14.2. The average molecular weight is 122 g/mol. The van der Waals surface area contributed by atoms with E-state index in [0.29, 0.717) is 5.92 Å². The van der Waals surface area contributed by atoms with Crippen LogP contribution in [0.5, 0.6) is 0 Å². The number of rotatable bonds is 1. The molecule has 1 saturated carbocycles. The lowest BCUT2D eigenvalue weighted by Crippen LogP contribution is -1.91. The predicted octanol–water partition coefficient (Wildman–Crippen LogP) is 2.45. The molecule has 2 atom stereocenters. The molecule has 0 amide bonds. The fraction of sp³-hybridized carbons (Fsp3) is 0.778. The predicted molar refractivity (Wildman–Crippen MR) is 40.0 cm³/mol. The van der Waals surface area contributed by atoms with Gasteiger partial charge in [0, 0.05) is 5.92 Å². The minimum Gasteiger partial charge on any atom is -0.120 e. The van der Waals surface area contributed by atoms with E-state index in [2.05, 4.69) is 12.8 Å². The van der Waals surface area contributed by atoms with E-state index >= 15 is 0 Å². The molecule has 50 valence electrons. The van der Waals surface area contributed by atoms with Crippen LogP contribution in [0, 0.1) is 24.2 Å². The van der Waals surface area contributed by atoms with Gasteiger partial charge in [-0.3, -0.25) is 0 Å². The van der Waals surface area contributed by atoms with Crippen molar-refractivity contribution in [3.8, 4) is 12.3 Å². The Labute approximate surface area is 57.7 Å². The molecule has 0 N–H and O–H groups in total. The van der Waals surface area contributed by atoms with Gasteiger partial charge in [-0.1, -0.05) is 13.3 Å². The third-order valence-electron chi connectivity index (χ3n) is 2.35. The van der Waals surface area contributed by atoms with Crippen LogP contribution in [0.3, 0.4) is 0 Å². The molecule has 0 aromatic carbocycles. The first kappa shape index (κ1) is 6.68. The number of terminal acetylenes is 1. The Morgan fingerprint density at radius 3 is 2.67 bits per heavy atom. The van der Waals surface area contributed by atoms with E-state index in [1.807, 2.05) is 0 Å². The molecule has 1 aliphatic carbocycles. The Balaban J connectivity index is 2.31. The minimum absolute atomic E-state index is 0.606. The molecule has 0 heteroatoms. The van der Waals surface area contributed by atoms with Crippen molar-refractivity contribution in [1.82, 2.24) is 0 Å². The van der Waals surface area contributed by atoms with Gasteiger partial charge in [0.1, 0.15) is 0 Å². The summed E-state index contributed by atoms with van der Waals surface area (Å²) in [6, 6.07) is 0. The molecule has 0 saturated heterocycles. The molecule has 1 aliphatic rings. The maximum atomic E-state index is 5.30. The molecule has 0 spiro atoms. The number of hydrogen-bond donors (Lipinski definition) is 0. The van der Waals surface area contributed by atoms with Gasteiger partial charge < -0.3 is 0 Å². The smallest absolute Gasteiger partial charge is 0.0203 e. The van der Waals surface area contributed by atoms with E-state index in [0.717, 1.165) is 5.92 Å². The van der Waals surface area contributed by atoms with Gasteiger partial charge >= 0.3 is 0 Å². The first-order valence-corrected chi connectivity index (χ1v) is 3.83. The monoisotopic (exact) mass is 122 g/mol. The Morgan fingerprint density at radius 1 is 1.56 bits per heavy atom. The lowest BCUT2D eigenvalue weighted by Gasteiger charge is -2.01. The van der Waals surface area contributed by atoms with Crippen molar-refractivity contribution in [3.63, 3.8) is 0 Å². The molecular weight excluding hydrogens is 108 g/mol. The van der Waals surface area contributed by atoms with Crippen molar-refractivity contribution >= 4 is 0 Å². The van der Waals surface area contributed by atoms with Crippen molar-refractivity contribution in [2.75, 3.05) is 0 Å². The first-order valence-electron chi connectivity index (χ1n) is 3.83. The highest BCUT2D eigenvalue weighted by molar-refractivity contribution is 4.96. The SMILES string of the molecule is C#CC1CCC(CC)C1. The Kier molecular flexibility index (Phi) is 2.16. The summed E-state index contributed by atoms with van der Waals surface area (Å²) < 4.78 is 0. The van der Waals surface area contributed by atoms with E-state index in [1.165, 1.54) is 25.7 Å². The summed E-state index contributed by atoms with van der Waals surface area (Å²) >= 11 is 0. The number of hydrogen-bond acceptors (Lipinski definition) is 0. The summed E-state index contributed by atoms with van der Waals surface area (Å²) in [5.41, 5.74) is 0. The maximum Gasteiger partial charge on any atom is 0.0203 e. The van der Waals surface area contributed by atoms with Crippen molar-refractivity contribution in [3.05, 3.63) is 0 Å². The van der Waals surface area contributed by atoms with Crippen LogP contribution in [0.2, 0.25) is 0 Å². The van der Waals surface area contributed by atoms with E-state index in [9.17, 15) is 0 Å². The molecule has 0 aliphatic heterocycles. The lowest BCUT2D eigenvalue weighted by atomic mass is 10.0. The largest absolute Gasteiger partial charge is 0.120 e. The fourth-order valence-corrected chi connectivity index (χ4v) is 1.60. The van der Waals surface area contributed by atoms with Gasteiger partial charge in [-0.15, -0.1) is 12.3 Å². The first-order chi connectivity index (χ1) is 4.36. The zero-order valence-electron chi connectivity index (χ0n) is 6.06. The minimum atomic E-state index is 0.606. The summed E-state index contributed by atoms with van der Waals surface area (Å²) in [6.07, 6.45) is 10.5. The van der Waals surface area contributed by atoms with Crippen LogP contribution in [0.15, 0.2) is 0 Å². The second-order valence-electron chi connectivity index (χ2n) is 2.95. The molecule has 1 rings (SSSR count). The highest BCUT2D eigenvalue weighted by Crippen LogP contribution is 2.31. The molecule has 0 radical (unpaired) electrons. The van der Waals surface area contributed by atoms with Crippen LogP contribution in [0.1, 0.15) is 32.6 Å². The summed E-state index contributed by atoms with van der Waals surface area (Å²) in [4.78, 5) is 0. The van der Waals surface area contributed by atoms with Crippen molar-refractivity contribution in [2.24, 2.45) is 11.8 Å². The maximum absolute atomic E-state index is 5.30. The van der Waals surface area contributed by atoms with Crippen molar-refractivity contribution < 1.29 is 0 Å². The molecule has 0 aromatic rings. The van der Waals surface area contributed by atoms with Gasteiger partial charge in [0.15, 0.2) is 0 Å². The van der Waals surface area contributed by atoms with Gasteiger partial charge in [-0.05, 0) is 25.2 Å². The second-order valence-corrected chi connectivity index (χ2v) is 2.95. The van der Waals surface area contributed by atoms with Gasteiger partial charge in [0.05, 0.1) is 0 Å². The van der Waals surface area contributed by atoms with Crippen LogP contribution in [0.4, 0.5) is 0 Å². The van der Waals surface area contributed by atoms with Gasteiger partial charge in [0.2, 0.25) is 0 Å². The van der Waals surface area contributed by atoms with Crippen LogP contribution in [-0.2, 0) is 0 Å². The van der Waals surface area contributed by atoms with Crippen molar-refractivity contribution in [1.29, 1.82) is 0 Å². The summed E-state index contributed by atoms with van der Waals surface area (Å²) in [5.74, 6) is 4.37. The van der Waals surface area contributed by atoms with Crippen LogP contribution in [0.25, 0.3) is 0 Å². The molecule has 0 bridgehead atoms. The van der Waals surface area contributed by atoms with Crippen LogP contribution < -0.4 is 0 Å². The standard InChI is InChI=1S/C9H14/c1-3-8-5-6-9(4-2)7-8/h1,8-9H,4-7H2,2H3. The molecule has 0 aromatic heterocycles. The molecule has 0 heterocycles. The fourth-order valence-electron chi connectivity index (χ4n) is 1.60. The molecular formula is C9H14. The third-order valence-corrected chi connectivity index (χ3v) is 2.35. The summed E-state index contributed by atoms with van der Waals surface area (Å²) in [7, 11) is 0. The van der Waals surface area contributed by atoms with Gasteiger partial charge in [-0.25, -0.2) is 0 Å². The topological polar surface area (TPSA) is 0 Å². The molecule has 1 fully saturated rings. The summed E-state index contributed by atoms with van der Waals surface area (Å²) in [6.45, 7) is 2.25. The normalized spacial score (nSPS) is 34.2.